The van der Waals surface area contributed by atoms with Crippen molar-refractivity contribution in [3.05, 3.63) is 65.9 Å². The van der Waals surface area contributed by atoms with Gasteiger partial charge >= 0.3 is 6.09 Å². The molecule has 0 fully saturated rings. The van der Waals surface area contributed by atoms with Gasteiger partial charge in [0.05, 0.1) is 25.7 Å². The number of fused-ring (bicyclic) bond motifs is 1. The fourth-order valence-corrected chi connectivity index (χ4v) is 3.97. The minimum atomic E-state index is -3.66. The number of nitrogens with one attached hydrogen (secondary N) is 2. The van der Waals surface area contributed by atoms with Gasteiger partial charge in [0, 0.05) is 29.4 Å². The molecule has 0 saturated carbocycles. The number of aromatic nitrogens is 1. The molecule has 1 heterocycles. The van der Waals surface area contributed by atoms with Crippen molar-refractivity contribution in [1.82, 2.24) is 4.98 Å². The molecule has 3 rings (SSSR count). The second-order valence-corrected chi connectivity index (χ2v) is 11.0. The first-order valence-corrected chi connectivity index (χ1v) is 13.5. The molecule has 3 aromatic rings. The standard InChI is InChI=1S/C27H31N3O7S/c1-27(2,3)37-26(32)30-23-16-22(29-24(31)12-10-18-11-13-25(35-4)28-17-18)21(14-15-36-38(5,33)34)19-8-6-7-9-20(19)23/h6-13,16-17H,14-15H2,1-5H3,(H,29,31)(H,30,32)/b12-10+. The molecule has 0 aliphatic heterocycles. The topological polar surface area (TPSA) is 133 Å². The third kappa shape index (κ3) is 8.56. The molecule has 0 radical (unpaired) electrons. The summed E-state index contributed by atoms with van der Waals surface area (Å²) in [5.74, 6) is 0.0123. The Hall–Kier alpha value is -3.96. The van der Waals surface area contributed by atoms with E-state index in [2.05, 4.69) is 15.6 Å². The molecule has 0 spiro atoms. The van der Waals surface area contributed by atoms with Gasteiger partial charge < -0.3 is 14.8 Å². The summed E-state index contributed by atoms with van der Waals surface area (Å²) < 4.78 is 38.4. The number of benzene rings is 2. The minimum Gasteiger partial charge on any atom is -0.481 e. The van der Waals surface area contributed by atoms with Crippen molar-refractivity contribution in [1.29, 1.82) is 0 Å². The van der Waals surface area contributed by atoms with Gasteiger partial charge in [-0.05, 0) is 61.9 Å². The van der Waals surface area contributed by atoms with E-state index in [0.717, 1.165) is 6.26 Å². The van der Waals surface area contributed by atoms with Crippen LogP contribution in [0.15, 0.2) is 54.7 Å². The Morgan fingerprint density at radius 1 is 1.03 bits per heavy atom. The highest BCUT2D eigenvalue weighted by atomic mass is 32.2. The molecule has 202 valence electrons. The number of anilines is 2. The number of nitrogens with zero attached hydrogens (tertiary/aromatic N) is 1. The highest BCUT2D eigenvalue weighted by Crippen LogP contribution is 2.34. The number of pyridine rings is 1. The van der Waals surface area contributed by atoms with Gasteiger partial charge in [-0.2, -0.15) is 8.42 Å². The lowest BCUT2D eigenvalue weighted by Gasteiger charge is -2.21. The number of hydrogen-bond donors (Lipinski definition) is 2. The first-order valence-electron chi connectivity index (χ1n) is 11.7. The van der Waals surface area contributed by atoms with Crippen LogP contribution in [0.1, 0.15) is 31.9 Å². The minimum absolute atomic E-state index is 0.127. The van der Waals surface area contributed by atoms with Crippen LogP contribution in [0.4, 0.5) is 16.2 Å². The van der Waals surface area contributed by atoms with E-state index in [1.165, 1.54) is 13.2 Å². The summed E-state index contributed by atoms with van der Waals surface area (Å²) in [6, 6.07) is 12.3. The largest absolute Gasteiger partial charge is 0.481 e. The monoisotopic (exact) mass is 541 g/mol. The van der Waals surface area contributed by atoms with Gasteiger partial charge in [-0.15, -0.1) is 0 Å². The molecule has 0 atom stereocenters. The summed E-state index contributed by atoms with van der Waals surface area (Å²) in [6.07, 6.45) is 5.00. The maximum absolute atomic E-state index is 12.9. The molecule has 2 aromatic carbocycles. The molecule has 10 nitrogen and oxygen atoms in total. The summed E-state index contributed by atoms with van der Waals surface area (Å²) in [6.45, 7) is 5.14. The molecule has 2 amide bonds. The highest BCUT2D eigenvalue weighted by molar-refractivity contribution is 7.85. The van der Waals surface area contributed by atoms with E-state index < -0.39 is 27.7 Å². The van der Waals surface area contributed by atoms with E-state index in [9.17, 15) is 18.0 Å². The lowest BCUT2D eigenvalue weighted by atomic mass is 9.98. The molecule has 11 heteroatoms. The van der Waals surface area contributed by atoms with E-state index in [1.54, 1.807) is 51.2 Å². The Morgan fingerprint density at radius 3 is 2.34 bits per heavy atom. The number of hydrogen-bond acceptors (Lipinski definition) is 8. The Kier molecular flexibility index (Phi) is 9.08. The third-order valence-corrected chi connectivity index (χ3v) is 5.69. The van der Waals surface area contributed by atoms with Crippen molar-refractivity contribution >= 4 is 50.3 Å². The Balaban J connectivity index is 1.97. The zero-order valence-electron chi connectivity index (χ0n) is 21.9. The van der Waals surface area contributed by atoms with Crippen LogP contribution in [0.3, 0.4) is 0 Å². The van der Waals surface area contributed by atoms with Crippen LogP contribution < -0.4 is 15.4 Å². The smallest absolute Gasteiger partial charge is 0.412 e. The van der Waals surface area contributed by atoms with E-state index >= 15 is 0 Å². The molecule has 0 aliphatic carbocycles. The Morgan fingerprint density at radius 2 is 1.74 bits per heavy atom. The van der Waals surface area contributed by atoms with Crippen molar-refractivity contribution in [3.8, 4) is 5.88 Å². The fraction of sp³-hybridized carbons (Fsp3) is 0.296. The molecule has 2 N–H and O–H groups in total. The van der Waals surface area contributed by atoms with Gasteiger partial charge in [-0.3, -0.25) is 14.3 Å². The number of carbonyl (C=O) groups excluding carboxylic acids is 2. The molecule has 1 aromatic heterocycles. The van der Waals surface area contributed by atoms with Crippen molar-refractivity contribution in [3.63, 3.8) is 0 Å². The number of ether oxygens (including phenoxy) is 2. The van der Waals surface area contributed by atoms with Gasteiger partial charge in [0.1, 0.15) is 5.60 Å². The maximum Gasteiger partial charge on any atom is 0.412 e. The predicted octanol–water partition coefficient (Wildman–Crippen LogP) is 4.76. The van der Waals surface area contributed by atoms with E-state index in [4.69, 9.17) is 13.7 Å². The van der Waals surface area contributed by atoms with Gasteiger partial charge in [-0.25, -0.2) is 9.78 Å². The summed E-state index contributed by atoms with van der Waals surface area (Å²) in [7, 11) is -2.14. The van der Waals surface area contributed by atoms with Crippen LogP contribution in [0.5, 0.6) is 5.88 Å². The van der Waals surface area contributed by atoms with Crippen LogP contribution in [0.2, 0.25) is 0 Å². The number of methoxy groups -OCH3 is 1. The van der Waals surface area contributed by atoms with Gasteiger partial charge in [-0.1, -0.05) is 24.3 Å². The van der Waals surface area contributed by atoms with Crippen molar-refractivity contribution < 1.29 is 31.7 Å². The van der Waals surface area contributed by atoms with Crippen LogP contribution in [-0.4, -0.2) is 51.0 Å². The normalized spacial score (nSPS) is 11.9. The van der Waals surface area contributed by atoms with Crippen LogP contribution >= 0.6 is 0 Å². The van der Waals surface area contributed by atoms with Crippen LogP contribution in [-0.2, 0) is 30.3 Å². The quantitative estimate of drug-likeness (QED) is 0.293. The molecular weight excluding hydrogens is 510 g/mol. The predicted molar refractivity (Wildman–Crippen MR) is 147 cm³/mol. The number of rotatable bonds is 9. The Bertz CT molecular complexity index is 1440. The van der Waals surface area contributed by atoms with E-state index in [-0.39, 0.29) is 13.0 Å². The highest BCUT2D eigenvalue weighted by Gasteiger charge is 2.19. The summed E-state index contributed by atoms with van der Waals surface area (Å²) >= 11 is 0. The summed E-state index contributed by atoms with van der Waals surface area (Å²) in [4.78, 5) is 29.5. The molecule has 0 saturated heterocycles. The first-order chi connectivity index (χ1) is 17.8. The Labute approximate surface area is 222 Å². The van der Waals surface area contributed by atoms with Gasteiger partial charge in [0.25, 0.3) is 10.1 Å². The van der Waals surface area contributed by atoms with Crippen molar-refractivity contribution in [2.45, 2.75) is 32.8 Å². The lowest BCUT2D eigenvalue weighted by Crippen LogP contribution is -2.27. The van der Waals surface area contributed by atoms with E-state index in [1.807, 2.05) is 24.3 Å². The fourth-order valence-electron chi connectivity index (χ4n) is 3.59. The zero-order chi connectivity index (χ0) is 27.9. The average molecular weight is 542 g/mol. The molecule has 0 aliphatic rings. The van der Waals surface area contributed by atoms with Crippen LogP contribution in [0.25, 0.3) is 16.8 Å². The molecule has 38 heavy (non-hydrogen) atoms. The van der Waals surface area contributed by atoms with Crippen molar-refractivity contribution in [2.75, 3.05) is 30.6 Å². The molecule has 0 unspecified atom stereocenters. The third-order valence-electron chi connectivity index (χ3n) is 5.09. The zero-order valence-corrected chi connectivity index (χ0v) is 22.7. The average Bonchev–Trinajstić information content (AvgIpc) is 2.83. The second-order valence-electron chi connectivity index (χ2n) is 9.36. The summed E-state index contributed by atoms with van der Waals surface area (Å²) in [5.41, 5.74) is 1.43. The SMILES string of the molecule is COc1ccc(/C=C/C(=O)Nc2cc(NC(=O)OC(C)(C)C)c3ccccc3c2CCOS(C)(=O)=O)cn1. The number of amides is 2. The van der Waals surface area contributed by atoms with Gasteiger partial charge in [0.15, 0.2) is 0 Å². The number of carbonyl (C=O) groups is 2. The van der Waals surface area contributed by atoms with E-state index in [0.29, 0.717) is 39.2 Å². The lowest BCUT2D eigenvalue weighted by molar-refractivity contribution is -0.111. The van der Waals surface area contributed by atoms with Gasteiger partial charge in [0.2, 0.25) is 11.8 Å². The van der Waals surface area contributed by atoms with Crippen LogP contribution in [0, 0.1) is 0 Å². The summed E-state index contributed by atoms with van der Waals surface area (Å²) in [5, 5.41) is 6.98. The molecular formula is C27H31N3O7S. The first kappa shape index (κ1) is 28.6. The molecule has 0 bridgehead atoms. The maximum atomic E-state index is 12.9. The van der Waals surface area contributed by atoms with Crippen molar-refractivity contribution in [2.24, 2.45) is 0 Å². The second kappa shape index (κ2) is 12.1.